The van der Waals surface area contributed by atoms with E-state index in [0.29, 0.717) is 0 Å². The summed E-state index contributed by atoms with van der Waals surface area (Å²) >= 11 is 5.36. The molecule has 0 aromatic carbocycles. The molecule has 0 amide bonds. The largest absolute Gasteiger partial charge is 0.311 e. The van der Waals surface area contributed by atoms with E-state index in [0.717, 1.165) is 26.2 Å². The van der Waals surface area contributed by atoms with E-state index in [1.165, 1.54) is 14.2 Å². The number of likely N-dealkylation sites (N-methyl/N-ethyl adjacent to an activating group) is 1. The summed E-state index contributed by atoms with van der Waals surface area (Å²) < 4.78 is 1.25. The van der Waals surface area contributed by atoms with Gasteiger partial charge in [0.2, 0.25) is 0 Å². The van der Waals surface area contributed by atoms with Crippen molar-refractivity contribution < 1.29 is 0 Å². The average Bonchev–Trinajstić information content (AvgIpc) is 2.53. The number of aryl methyl sites for hydroxylation is 1. The molecule has 0 unspecified atom stereocenters. The Bertz CT molecular complexity index is 279. The monoisotopic (exact) mass is 290 g/mol. The summed E-state index contributed by atoms with van der Waals surface area (Å²) in [6.07, 6.45) is 0. The maximum Gasteiger partial charge on any atom is 0.0730 e. The van der Waals surface area contributed by atoms with Crippen LogP contribution in [0.3, 0.4) is 0 Å². The van der Waals surface area contributed by atoms with Gasteiger partial charge >= 0.3 is 0 Å². The molecule has 2 nitrogen and oxygen atoms in total. The van der Waals surface area contributed by atoms with E-state index < -0.39 is 0 Å². The maximum atomic E-state index is 3.54. The summed E-state index contributed by atoms with van der Waals surface area (Å²) in [5.74, 6) is 0. The Morgan fingerprint density at radius 1 is 1.53 bits per heavy atom. The second kappa shape index (κ2) is 6.63. The molecule has 0 spiro atoms. The highest BCUT2D eigenvalue weighted by Gasteiger charge is 2.02. The topological polar surface area (TPSA) is 15.3 Å². The van der Waals surface area contributed by atoms with E-state index in [2.05, 4.69) is 53.1 Å². The summed E-state index contributed by atoms with van der Waals surface area (Å²) in [5.41, 5.74) is 1.34. The molecule has 0 atom stereocenters. The van der Waals surface area contributed by atoms with Crippen molar-refractivity contribution in [3.8, 4) is 0 Å². The van der Waals surface area contributed by atoms with Crippen LogP contribution in [0.5, 0.6) is 0 Å². The van der Waals surface area contributed by atoms with Crippen LogP contribution in [0.2, 0.25) is 0 Å². The van der Waals surface area contributed by atoms with Gasteiger partial charge in [0.25, 0.3) is 0 Å². The van der Waals surface area contributed by atoms with E-state index >= 15 is 0 Å². The third-order valence-corrected chi connectivity index (χ3v) is 4.55. The smallest absolute Gasteiger partial charge is 0.0730 e. The van der Waals surface area contributed by atoms with Gasteiger partial charge < -0.3 is 10.2 Å². The number of nitrogens with zero attached hydrogens (tertiary/aromatic N) is 1. The second-order valence-corrected chi connectivity index (χ2v) is 6.20. The van der Waals surface area contributed by atoms with Crippen molar-refractivity contribution in [1.29, 1.82) is 0 Å². The Morgan fingerprint density at radius 3 is 2.80 bits per heavy atom. The Labute approximate surface area is 105 Å². The van der Waals surface area contributed by atoms with Crippen molar-refractivity contribution in [3.63, 3.8) is 0 Å². The van der Waals surface area contributed by atoms with Crippen LogP contribution in [0.4, 0.5) is 0 Å². The standard InChI is InChI=1S/C11H19BrN2S/c1-4-14(3)6-5-13-8-10-7-9(2)11(12)15-10/h7,13H,4-6,8H2,1-3H3. The molecule has 0 saturated carbocycles. The van der Waals surface area contributed by atoms with E-state index in [4.69, 9.17) is 0 Å². The normalized spacial score (nSPS) is 11.3. The van der Waals surface area contributed by atoms with Gasteiger partial charge in [-0.25, -0.2) is 0 Å². The number of thiophene rings is 1. The van der Waals surface area contributed by atoms with Crippen LogP contribution in [0.15, 0.2) is 9.85 Å². The first kappa shape index (κ1) is 13.2. The van der Waals surface area contributed by atoms with Crippen molar-refractivity contribution >= 4 is 27.3 Å². The fourth-order valence-corrected chi connectivity index (χ4v) is 2.85. The Morgan fingerprint density at radius 2 is 2.27 bits per heavy atom. The lowest BCUT2D eigenvalue weighted by Gasteiger charge is -2.13. The predicted molar refractivity (Wildman–Crippen MR) is 71.6 cm³/mol. The minimum absolute atomic E-state index is 0.981. The van der Waals surface area contributed by atoms with Gasteiger partial charge in [-0.2, -0.15) is 0 Å². The quantitative estimate of drug-likeness (QED) is 0.811. The molecule has 86 valence electrons. The molecule has 1 N–H and O–H groups in total. The molecule has 0 radical (unpaired) electrons. The third kappa shape index (κ3) is 4.64. The van der Waals surface area contributed by atoms with Crippen molar-refractivity contribution in [2.45, 2.75) is 20.4 Å². The molecule has 0 aliphatic rings. The molecule has 1 heterocycles. The van der Waals surface area contributed by atoms with Gasteiger partial charge in [0.15, 0.2) is 0 Å². The Hall–Kier alpha value is 0.1000. The molecular weight excluding hydrogens is 272 g/mol. The maximum absolute atomic E-state index is 3.54. The molecule has 0 aliphatic heterocycles. The zero-order valence-electron chi connectivity index (χ0n) is 9.64. The van der Waals surface area contributed by atoms with Crippen LogP contribution >= 0.6 is 27.3 Å². The highest BCUT2D eigenvalue weighted by molar-refractivity contribution is 9.11. The van der Waals surface area contributed by atoms with E-state index in [1.807, 2.05) is 11.3 Å². The summed E-state index contributed by atoms with van der Waals surface area (Å²) in [7, 11) is 2.15. The van der Waals surface area contributed by atoms with Gasteiger partial charge in [0.05, 0.1) is 3.79 Å². The molecule has 4 heteroatoms. The first-order valence-electron chi connectivity index (χ1n) is 5.27. The molecule has 1 aromatic rings. The van der Waals surface area contributed by atoms with E-state index in [1.54, 1.807) is 0 Å². The lowest BCUT2D eigenvalue weighted by atomic mass is 10.3. The summed E-state index contributed by atoms with van der Waals surface area (Å²) in [4.78, 5) is 3.71. The van der Waals surface area contributed by atoms with Crippen LogP contribution < -0.4 is 5.32 Å². The van der Waals surface area contributed by atoms with Gasteiger partial charge in [-0.05, 0) is 48.1 Å². The lowest BCUT2D eigenvalue weighted by molar-refractivity contribution is 0.349. The number of hydrogen-bond acceptors (Lipinski definition) is 3. The van der Waals surface area contributed by atoms with Gasteiger partial charge in [-0.15, -0.1) is 11.3 Å². The summed E-state index contributed by atoms with van der Waals surface area (Å²) in [6, 6.07) is 2.24. The fourth-order valence-electron chi connectivity index (χ4n) is 1.25. The average molecular weight is 291 g/mol. The van der Waals surface area contributed by atoms with Crippen LogP contribution in [0.25, 0.3) is 0 Å². The molecule has 0 fully saturated rings. The second-order valence-electron chi connectivity index (χ2n) is 3.74. The highest BCUT2D eigenvalue weighted by Crippen LogP contribution is 2.26. The lowest BCUT2D eigenvalue weighted by Crippen LogP contribution is -2.28. The minimum Gasteiger partial charge on any atom is -0.311 e. The van der Waals surface area contributed by atoms with Crippen LogP contribution in [0, 0.1) is 6.92 Å². The number of nitrogens with one attached hydrogen (secondary N) is 1. The van der Waals surface area contributed by atoms with Gasteiger partial charge in [-0.3, -0.25) is 0 Å². The number of hydrogen-bond donors (Lipinski definition) is 1. The van der Waals surface area contributed by atoms with Crippen molar-refractivity contribution in [3.05, 3.63) is 20.3 Å². The van der Waals surface area contributed by atoms with Gasteiger partial charge in [0, 0.05) is 24.5 Å². The molecule has 0 bridgehead atoms. The molecule has 0 aliphatic carbocycles. The predicted octanol–water partition coefficient (Wildman–Crippen LogP) is 2.86. The molecular formula is C11H19BrN2S. The van der Waals surface area contributed by atoms with Crippen LogP contribution in [0.1, 0.15) is 17.4 Å². The third-order valence-electron chi connectivity index (χ3n) is 2.42. The van der Waals surface area contributed by atoms with Crippen molar-refractivity contribution in [1.82, 2.24) is 10.2 Å². The zero-order chi connectivity index (χ0) is 11.3. The molecule has 15 heavy (non-hydrogen) atoms. The zero-order valence-corrected chi connectivity index (χ0v) is 12.0. The Kier molecular flexibility index (Phi) is 5.82. The van der Waals surface area contributed by atoms with Crippen LogP contribution in [-0.4, -0.2) is 31.6 Å². The number of rotatable bonds is 6. The summed E-state index contributed by atoms with van der Waals surface area (Å²) in [5, 5.41) is 3.46. The van der Waals surface area contributed by atoms with Crippen LogP contribution in [-0.2, 0) is 6.54 Å². The minimum atomic E-state index is 0.981. The van der Waals surface area contributed by atoms with E-state index in [9.17, 15) is 0 Å². The first-order chi connectivity index (χ1) is 7.13. The SMILES string of the molecule is CCN(C)CCNCc1cc(C)c(Br)s1. The van der Waals surface area contributed by atoms with Crippen molar-refractivity contribution in [2.75, 3.05) is 26.7 Å². The van der Waals surface area contributed by atoms with Gasteiger partial charge in [-0.1, -0.05) is 6.92 Å². The molecule has 0 saturated heterocycles. The molecule has 1 rings (SSSR count). The van der Waals surface area contributed by atoms with Gasteiger partial charge in [0.1, 0.15) is 0 Å². The van der Waals surface area contributed by atoms with Crippen molar-refractivity contribution in [2.24, 2.45) is 0 Å². The Balaban J connectivity index is 2.20. The highest BCUT2D eigenvalue weighted by atomic mass is 79.9. The number of halogens is 1. The van der Waals surface area contributed by atoms with E-state index in [-0.39, 0.29) is 0 Å². The fraction of sp³-hybridized carbons (Fsp3) is 0.636. The molecule has 1 aromatic heterocycles. The first-order valence-corrected chi connectivity index (χ1v) is 6.88. The summed E-state index contributed by atoms with van der Waals surface area (Å²) in [6.45, 7) is 8.58.